The first-order valence-corrected chi connectivity index (χ1v) is 8.64. The third-order valence-electron chi connectivity index (χ3n) is 4.22. The van der Waals surface area contributed by atoms with E-state index < -0.39 is 6.10 Å². The molecule has 1 aromatic rings. The summed E-state index contributed by atoms with van der Waals surface area (Å²) in [4.78, 5) is 1.52. The van der Waals surface area contributed by atoms with E-state index in [1.165, 1.54) is 11.0 Å². The molecule has 0 heterocycles. The third kappa shape index (κ3) is 3.99. The van der Waals surface area contributed by atoms with Crippen LogP contribution in [0.15, 0.2) is 36.2 Å². The fourth-order valence-electron chi connectivity index (χ4n) is 2.89. The fourth-order valence-corrected chi connectivity index (χ4v) is 3.06. The quantitative estimate of drug-likeness (QED) is 0.436. The van der Waals surface area contributed by atoms with Gasteiger partial charge in [-0.15, -0.1) is 11.6 Å². The molecule has 1 atom stereocenters. The van der Waals surface area contributed by atoms with Crippen LogP contribution in [-0.4, -0.2) is 36.3 Å². The minimum absolute atomic E-state index is 0.0687. The van der Waals surface area contributed by atoms with E-state index in [0.717, 1.165) is 11.9 Å². The minimum Gasteiger partial charge on any atom is -0.376 e. The van der Waals surface area contributed by atoms with E-state index in [9.17, 15) is 4.39 Å². The Morgan fingerprint density at radius 3 is 2.76 bits per heavy atom. The number of benzene rings is 1. The lowest BCUT2D eigenvalue weighted by molar-refractivity contribution is 0.148. The number of methoxy groups -OCH3 is 1. The Hall–Kier alpha value is -1.98. The van der Waals surface area contributed by atoms with Crippen molar-refractivity contribution in [2.45, 2.75) is 38.3 Å². The number of halogens is 2. The van der Waals surface area contributed by atoms with E-state index in [4.69, 9.17) is 27.2 Å². The first-order chi connectivity index (χ1) is 11.9. The van der Waals surface area contributed by atoms with Crippen LogP contribution >= 0.6 is 11.6 Å². The maximum atomic E-state index is 14.6. The predicted octanol–water partition coefficient (Wildman–Crippen LogP) is 4.72. The van der Waals surface area contributed by atoms with Gasteiger partial charge in [0.15, 0.2) is 0 Å². The second-order valence-electron chi connectivity index (χ2n) is 6.12. The normalized spacial score (nSPS) is 17.1. The molecule has 0 spiro atoms. The molecule has 0 saturated heterocycles. The first-order valence-electron chi connectivity index (χ1n) is 8.10. The summed E-state index contributed by atoms with van der Waals surface area (Å²) >= 11 is 5.95. The van der Waals surface area contributed by atoms with Crippen LogP contribution in [0.4, 0.5) is 4.39 Å². The molecular formula is C19H23ClFN3O. The highest BCUT2D eigenvalue weighted by atomic mass is 35.5. The largest absolute Gasteiger partial charge is 0.376 e. The number of alkyl halides is 1. The highest BCUT2D eigenvalue weighted by Gasteiger charge is 2.26. The highest BCUT2D eigenvalue weighted by molar-refractivity contribution is 6.17. The van der Waals surface area contributed by atoms with Crippen molar-refractivity contribution in [3.8, 4) is 0 Å². The molecule has 1 aliphatic rings. The van der Waals surface area contributed by atoms with E-state index in [2.05, 4.69) is 0 Å². The Morgan fingerprint density at radius 1 is 1.48 bits per heavy atom. The molecule has 2 rings (SSSR count). The van der Waals surface area contributed by atoms with E-state index in [-0.39, 0.29) is 17.7 Å². The van der Waals surface area contributed by atoms with Gasteiger partial charge in [0.1, 0.15) is 11.7 Å². The van der Waals surface area contributed by atoms with Crippen molar-refractivity contribution >= 4 is 29.3 Å². The Balaban J connectivity index is 2.65. The first kappa shape index (κ1) is 19.3. The van der Waals surface area contributed by atoms with E-state index in [0.29, 0.717) is 29.0 Å². The lowest BCUT2D eigenvalue weighted by Gasteiger charge is -2.28. The van der Waals surface area contributed by atoms with Crippen LogP contribution in [0, 0.1) is 10.8 Å². The summed E-state index contributed by atoms with van der Waals surface area (Å²) in [6.07, 6.45) is 4.45. The molecule has 0 aromatic heterocycles. The number of ether oxygens (including phenoxy) is 1. The number of nitrogens with one attached hydrogen (secondary N) is 2. The molecule has 1 unspecified atom stereocenters. The highest BCUT2D eigenvalue weighted by Crippen LogP contribution is 2.34. The summed E-state index contributed by atoms with van der Waals surface area (Å²) in [6.45, 7) is 3.79. The Bertz CT molecular complexity index is 727. The van der Waals surface area contributed by atoms with Gasteiger partial charge in [-0.2, -0.15) is 0 Å². The van der Waals surface area contributed by atoms with E-state index in [1.54, 1.807) is 25.3 Å². The SMILES string of the molecule is COC1CC=CC(F)=C1c1ccc(CCl)cc1C(=N)N(C=N)C(C)C. The van der Waals surface area contributed by atoms with Crippen molar-refractivity contribution in [3.05, 3.63) is 52.9 Å². The van der Waals surface area contributed by atoms with Gasteiger partial charge in [-0.25, -0.2) is 4.39 Å². The van der Waals surface area contributed by atoms with Gasteiger partial charge in [0, 0.05) is 30.2 Å². The van der Waals surface area contributed by atoms with Crippen molar-refractivity contribution in [1.29, 1.82) is 10.8 Å². The minimum atomic E-state index is -0.411. The molecule has 4 nitrogen and oxygen atoms in total. The summed E-state index contributed by atoms with van der Waals surface area (Å²) < 4.78 is 20.0. The maximum absolute atomic E-state index is 14.6. The number of rotatable bonds is 6. The monoisotopic (exact) mass is 363 g/mol. The number of allylic oxidation sites excluding steroid dienone is 2. The lowest BCUT2D eigenvalue weighted by Crippen LogP contribution is -2.36. The smallest absolute Gasteiger partial charge is 0.134 e. The molecule has 6 heteroatoms. The van der Waals surface area contributed by atoms with E-state index in [1.807, 2.05) is 19.9 Å². The molecule has 0 bridgehead atoms. The average molecular weight is 364 g/mol. The van der Waals surface area contributed by atoms with Crippen LogP contribution in [-0.2, 0) is 10.6 Å². The second kappa shape index (κ2) is 8.41. The molecule has 0 amide bonds. The number of hydrogen-bond donors (Lipinski definition) is 2. The molecule has 0 saturated carbocycles. The van der Waals surface area contributed by atoms with Gasteiger partial charge in [0.05, 0.1) is 12.4 Å². The fraction of sp³-hybridized carbons (Fsp3) is 0.368. The molecular weight excluding hydrogens is 341 g/mol. The summed E-state index contributed by atoms with van der Waals surface area (Å²) in [5, 5.41) is 16.2. The van der Waals surface area contributed by atoms with Gasteiger partial charge in [0.2, 0.25) is 0 Å². The van der Waals surface area contributed by atoms with Crippen molar-refractivity contribution in [2.24, 2.45) is 0 Å². The van der Waals surface area contributed by atoms with Crippen LogP contribution in [0.5, 0.6) is 0 Å². The van der Waals surface area contributed by atoms with Crippen LogP contribution in [0.3, 0.4) is 0 Å². The summed E-state index contributed by atoms with van der Waals surface area (Å²) in [5.74, 6) is 0.0653. The zero-order valence-electron chi connectivity index (χ0n) is 14.6. The molecule has 25 heavy (non-hydrogen) atoms. The number of amidine groups is 1. The molecule has 1 aliphatic carbocycles. The third-order valence-corrected chi connectivity index (χ3v) is 4.52. The van der Waals surface area contributed by atoms with E-state index >= 15 is 0 Å². The number of hydrogen-bond acceptors (Lipinski definition) is 3. The van der Waals surface area contributed by atoms with Crippen LogP contribution in [0.2, 0.25) is 0 Å². The molecule has 0 aliphatic heterocycles. The molecule has 0 radical (unpaired) electrons. The Labute approximate surface area is 153 Å². The summed E-state index contributed by atoms with van der Waals surface area (Å²) in [5.41, 5.74) is 2.40. The van der Waals surface area contributed by atoms with Gasteiger partial charge in [-0.1, -0.05) is 18.2 Å². The van der Waals surface area contributed by atoms with Gasteiger partial charge in [0.25, 0.3) is 0 Å². The zero-order valence-corrected chi connectivity index (χ0v) is 15.4. The topological polar surface area (TPSA) is 60.2 Å². The van der Waals surface area contributed by atoms with Gasteiger partial charge in [-0.3, -0.25) is 10.8 Å². The van der Waals surface area contributed by atoms with Gasteiger partial charge in [-0.05, 0) is 43.5 Å². The number of nitrogens with zero attached hydrogens (tertiary/aromatic N) is 1. The standard InChI is InChI=1S/C19H23ClFN3O/c1-12(2)24(11-22)19(23)15-9-13(10-20)7-8-14(15)18-16(21)5-4-6-17(18)25-3/h4-5,7-9,11-12,17,22-23H,6,10H2,1-3H3. The van der Waals surface area contributed by atoms with Crippen LogP contribution in [0.1, 0.15) is 37.0 Å². The van der Waals surface area contributed by atoms with Gasteiger partial charge >= 0.3 is 0 Å². The summed E-state index contributed by atoms with van der Waals surface area (Å²) in [6, 6.07) is 5.33. The Morgan fingerprint density at radius 2 is 2.20 bits per heavy atom. The maximum Gasteiger partial charge on any atom is 0.134 e. The molecule has 134 valence electrons. The zero-order chi connectivity index (χ0) is 18.6. The van der Waals surface area contributed by atoms with Crippen molar-refractivity contribution < 1.29 is 9.13 Å². The van der Waals surface area contributed by atoms with Crippen LogP contribution < -0.4 is 0 Å². The average Bonchev–Trinajstić information content (AvgIpc) is 2.61. The predicted molar refractivity (Wildman–Crippen MR) is 101 cm³/mol. The van der Waals surface area contributed by atoms with Gasteiger partial charge < -0.3 is 9.64 Å². The Kier molecular flexibility index (Phi) is 6.51. The lowest BCUT2D eigenvalue weighted by atomic mass is 9.89. The van der Waals surface area contributed by atoms with Crippen molar-refractivity contribution in [2.75, 3.05) is 7.11 Å². The van der Waals surface area contributed by atoms with Crippen LogP contribution in [0.25, 0.3) is 5.57 Å². The second-order valence-corrected chi connectivity index (χ2v) is 6.38. The van der Waals surface area contributed by atoms with Crippen molar-refractivity contribution in [3.63, 3.8) is 0 Å². The molecule has 2 N–H and O–H groups in total. The molecule has 1 aromatic carbocycles. The summed E-state index contributed by atoms with van der Waals surface area (Å²) in [7, 11) is 1.55. The molecule has 0 fully saturated rings. The van der Waals surface area contributed by atoms with Crippen molar-refractivity contribution in [1.82, 2.24) is 4.90 Å².